The van der Waals surface area contributed by atoms with Crippen molar-refractivity contribution in [2.24, 2.45) is 0 Å². The first-order valence-electron chi connectivity index (χ1n) is 9.40. The first-order valence-corrected chi connectivity index (χ1v) is 9.40. The number of nitrogens with zero attached hydrogens (tertiary/aromatic N) is 1. The third-order valence-corrected chi connectivity index (χ3v) is 4.50. The van der Waals surface area contributed by atoms with E-state index in [9.17, 15) is 4.79 Å². The molecule has 0 saturated heterocycles. The first-order chi connectivity index (χ1) is 13.5. The summed E-state index contributed by atoms with van der Waals surface area (Å²) in [5, 5.41) is 11.7. The summed E-state index contributed by atoms with van der Waals surface area (Å²) in [6.45, 7) is 6.52. The van der Waals surface area contributed by atoms with E-state index in [1.807, 2.05) is 32.0 Å². The topological polar surface area (TPSA) is 80.6 Å². The molecule has 1 amide bonds. The van der Waals surface area contributed by atoms with E-state index in [2.05, 4.69) is 5.32 Å². The van der Waals surface area contributed by atoms with E-state index < -0.39 is 6.10 Å². The van der Waals surface area contributed by atoms with Crippen LogP contribution in [0.4, 0.5) is 0 Å². The van der Waals surface area contributed by atoms with Gasteiger partial charge in [-0.25, -0.2) is 0 Å². The van der Waals surface area contributed by atoms with Gasteiger partial charge in [0.2, 0.25) is 0 Å². The van der Waals surface area contributed by atoms with Crippen LogP contribution in [0.15, 0.2) is 36.4 Å². The Kier molecular flexibility index (Phi) is 6.05. The highest BCUT2D eigenvalue weighted by molar-refractivity contribution is 5.80. The number of benzene rings is 2. The van der Waals surface area contributed by atoms with E-state index in [0.717, 1.165) is 29.0 Å². The Morgan fingerprint density at radius 1 is 1.36 bits per heavy atom. The van der Waals surface area contributed by atoms with Crippen LogP contribution >= 0.6 is 0 Å². The molecule has 1 heterocycles. The molecule has 1 aliphatic rings. The average molecular weight is 380 g/mol. The van der Waals surface area contributed by atoms with Gasteiger partial charge in [-0.15, -0.1) is 0 Å². The lowest BCUT2D eigenvalue weighted by Gasteiger charge is -2.16. The average Bonchev–Trinajstić information content (AvgIpc) is 3.05. The van der Waals surface area contributed by atoms with Gasteiger partial charge in [-0.05, 0) is 57.2 Å². The Morgan fingerprint density at radius 3 is 2.79 bits per heavy atom. The minimum atomic E-state index is -0.672. The SMILES string of the molecule is CCOc1cc2c(cc1CNC(=O)[C@@H](C)Oc1ccc(C#N)cc1)O[C@H](C)C2. The maximum Gasteiger partial charge on any atom is 0.261 e. The van der Waals surface area contributed by atoms with Crippen molar-refractivity contribution in [2.75, 3.05) is 6.61 Å². The summed E-state index contributed by atoms with van der Waals surface area (Å²) < 4.78 is 17.2. The number of rotatable bonds is 7. The van der Waals surface area contributed by atoms with Gasteiger partial charge in [0.1, 0.15) is 23.4 Å². The zero-order valence-electron chi connectivity index (χ0n) is 16.3. The van der Waals surface area contributed by atoms with Crippen molar-refractivity contribution in [3.8, 4) is 23.3 Å². The van der Waals surface area contributed by atoms with Crippen molar-refractivity contribution < 1.29 is 19.0 Å². The highest BCUT2D eigenvalue weighted by atomic mass is 16.5. The third-order valence-electron chi connectivity index (χ3n) is 4.50. The summed E-state index contributed by atoms with van der Waals surface area (Å²) in [4.78, 5) is 12.4. The molecule has 0 radical (unpaired) electrons. The van der Waals surface area contributed by atoms with Crippen LogP contribution < -0.4 is 19.5 Å². The molecule has 2 aromatic rings. The van der Waals surface area contributed by atoms with Gasteiger partial charge in [0.15, 0.2) is 6.10 Å². The molecule has 28 heavy (non-hydrogen) atoms. The Balaban J connectivity index is 1.63. The number of amides is 1. The number of carbonyl (C=O) groups excluding carboxylic acids is 1. The summed E-state index contributed by atoms with van der Waals surface area (Å²) in [5.41, 5.74) is 2.54. The van der Waals surface area contributed by atoms with Gasteiger partial charge >= 0.3 is 0 Å². The molecule has 1 aliphatic heterocycles. The molecule has 146 valence electrons. The maximum absolute atomic E-state index is 12.4. The van der Waals surface area contributed by atoms with Gasteiger partial charge < -0.3 is 19.5 Å². The molecule has 3 rings (SSSR count). The molecule has 2 aromatic carbocycles. The fraction of sp³-hybridized carbons (Fsp3) is 0.364. The van der Waals surface area contributed by atoms with Crippen LogP contribution in [0.3, 0.4) is 0 Å². The zero-order valence-corrected chi connectivity index (χ0v) is 16.3. The Morgan fingerprint density at radius 2 is 2.11 bits per heavy atom. The highest BCUT2D eigenvalue weighted by Gasteiger charge is 2.22. The Bertz CT molecular complexity index is 887. The summed E-state index contributed by atoms with van der Waals surface area (Å²) >= 11 is 0. The van der Waals surface area contributed by atoms with Crippen LogP contribution in [0, 0.1) is 11.3 Å². The van der Waals surface area contributed by atoms with Crippen molar-refractivity contribution in [3.63, 3.8) is 0 Å². The normalized spacial score (nSPS) is 15.7. The second kappa shape index (κ2) is 8.66. The van der Waals surface area contributed by atoms with Gasteiger partial charge in [0.05, 0.1) is 18.2 Å². The summed E-state index contributed by atoms with van der Waals surface area (Å²) in [6, 6.07) is 12.6. The second-order valence-corrected chi connectivity index (χ2v) is 6.75. The molecule has 0 aromatic heterocycles. The van der Waals surface area contributed by atoms with Gasteiger partial charge in [0, 0.05) is 24.1 Å². The molecule has 6 heteroatoms. The number of ether oxygens (including phenoxy) is 3. The zero-order chi connectivity index (χ0) is 20.1. The van der Waals surface area contributed by atoms with Crippen LogP contribution in [0.25, 0.3) is 0 Å². The molecule has 0 saturated carbocycles. The minimum Gasteiger partial charge on any atom is -0.494 e. The van der Waals surface area contributed by atoms with Crippen LogP contribution in [0.1, 0.15) is 37.5 Å². The molecular formula is C22H24N2O4. The molecule has 0 spiro atoms. The lowest BCUT2D eigenvalue weighted by Crippen LogP contribution is -2.36. The molecule has 6 nitrogen and oxygen atoms in total. The van der Waals surface area contributed by atoms with Gasteiger partial charge in [-0.2, -0.15) is 5.26 Å². The van der Waals surface area contributed by atoms with Crippen LogP contribution in [0.5, 0.6) is 17.2 Å². The number of nitriles is 1. The van der Waals surface area contributed by atoms with E-state index in [1.165, 1.54) is 0 Å². The number of fused-ring (bicyclic) bond motifs is 1. The van der Waals surface area contributed by atoms with E-state index in [4.69, 9.17) is 19.5 Å². The standard InChI is InChI=1S/C22H24N2O4/c1-4-26-20-10-17-9-14(2)27-21(17)11-18(20)13-24-22(25)15(3)28-19-7-5-16(12-23)6-8-19/h5-8,10-11,14-15H,4,9,13H2,1-3H3,(H,24,25)/t14-,15-/m1/s1. The predicted octanol–water partition coefficient (Wildman–Crippen LogP) is 3.36. The maximum atomic E-state index is 12.4. The van der Waals surface area contributed by atoms with Gasteiger partial charge in [-0.3, -0.25) is 4.79 Å². The molecule has 0 aliphatic carbocycles. The van der Waals surface area contributed by atoms with E-state index >= 15 is 0 Å². The van der Waals surface area contributed by atoms with Crippen molar-refractivity contribution >= 4 is 5.91 Å². The predicted molar refractivity (Wildman–Crippen MR) is 104 cm³/mol. The van der Waals surface area contributed by atoms with Crippen molar-refractivity contribution in [2.45, 2.75) is 45.9 Å². The van der Waals surface area contributed by atoms with Crippen LogP contribution in [-0.4, -0.2) is 24.7 Å². The lowest BCUT2D eigenvalue weighted by atomic mass is 10.1. The summed E-state index contributed by atoms with van der Waals surface area (Å²) in [6.07, 6.45) is 0.335. The fourth-order valence-electron chi connectivity index (χ4n) is 3.10. The largest absolute Gasteiger partial charge is 0.494 e. The van der Waals surface area contributed by atoms with E-state index in [1.54, 1.807) is 31.2 Å². The first kappa shape index (κ1) is 19.6. The van der Waals surface area contributed by atoms with E-state index in [0.29, 0.717) is 24.5 Å². The van der Waals surface area contributed by atoms with Crippen LogP contribution in [-0.2, 0) is 17.8 Å². The molecule has 0 unspecified atom stereocenters. The van der Waals surface area contributed by atoms with Crippen molar-refractivity contribution in [1.29, 1.82) is 5.26 Å². The minimum absolute atomic E-state index is 0.148. The van der Waals surface area contributed by atoms with Gasteiger partial charge in [-0.1, -0.05) is 0 Å². The third kappa shape index (κ3) is 4.55. The summed E-state index contributed by atoms with van der Waals surface area (Å²) in [5.74, 6) is 1.92. The summed E-state index contributed by atoms with van der Waals surface area (Å²) in [7, 11) is 0. The van der Waals surface area contributed by atoms with Crippen molar-refractivity contribution in [3.05, 3.63) is 53.1 Å². The number of hydrogen-bond donors (Lipinski definition) is 1. The number of nitrogens with one attached hydrogen (secondary N) is 1. The number of hydrogen-bond acceptors (Lipinski definition) is 5. The van der Waals surface area contributed by atoms with Crippen LogP contribution in [0.2, 0.25) is 0 Å². The van der Waals surface area contributed by atoms with Gasteiger partial charge in [0.25, 0.3) is 5.91 Å². The highest BCUT2D eigenvalue weighted by Crippen LogP contribution is 2.35. The fourth-order valence-corrected chi connectivity index (χ4v) is 3.10. The Hall–Kier alpha value is -3.20. The number of carbonyl (C=O) groups is 1. The monoisotopic (exact) mass is 380 g/mol. The quantitative estimate of drug-likeness (QED) is 0.797. The molecule has 2 atom stereocenters. The molecular weight excluding hydrogens is 356 g/mol. The second-order valence-electron chi connectivity index (χ2n) is 6.75. The van der Waals surface area contributed by atoms with Crippen molar-refractivity contribution in [1.82, 2.24) is 5.32 Å². The molecule has 0 bridgehead atoms. The van der Waals surface area contributed by atoms with E-state index in [-0.39, 0.29) is 12.0 Å². The lowest BCUT2D eigenvalue weighted by molar-refractivity contribution is -0.127. The Labute approximate surface area is 165 Å². The molecule has 1 N–H and O–H groups in total. The smallest absolute Gasteiger partial charge is 0.261 e. The molecule has 0 fully saturated rings.